The monoisotopic (exact) mass is 335 g/mol. The van der Waals surface area contributed by atoms with Gasteiger partial charge in [0.2, 0.25) is 0 Å². The number of rotatable bonds is 4. The van der Waals surface area contributed by atoms with Gasteiger partial charge in [0.25, 0.3) is 0 Å². The van der Waals surface area contributed by atoms with Crippen LogP contribution in [-0.2, 0) is 6.42 Å². The van der Waals surface area contributed by atoms with Gasteiger partial charge in [-0.05, 0) is 36.2 Å². The van der Waals surface area contributed by atoms with Crippen molar-refractivity contribution >= 4 is 33.1 Å². The fraction of sp³-hybridized carbons (Fsp3) is 0.133. The fourth-order valence-corrected chi connectivity index (χ4v) is 2.31. The largest absolute Gasteiger partial charge is 0.456 e. The predicted molar refractivity (Wildman–Crippen MR) is 85.9 cm³/mol. The van der Waals surface area contributed by atoms with Crippen molar-refractivity contribution in [3.8, 4) is 11.5 Å². The van der Waals surface area contributed by atoms with E-state index in [2.05, 4.69) is 22.9 Å². The molecule has 0 fully saturated rings. The molecule has 2 rings (SSSR count). The van der Waals surface area contributed by atoms with E-state index in [1.54, 1.807) is 0 Å². The lowest BCUT2D eigenvalue weighted by Gasteiger charge is -2.13. The molecular formula is C15H14BrNOS. The number of benzene rings is 2. The number of thiocarbonyl (C=S) groups is 1. The molecule has 0 amide bonds. The molecule has 4 heteroatoms. The summed E-state index contributed by atoms with van der Waals surface area (Å²) >= 11 is 8.48. The van der Waals surface area contributed by atoms with Crippen molar-refractivity contribution in [1.29, 1.82) is 0 Å². The van der Waals surface area contributed by atoms with E-state index in [4.69, 9.17) is 22.7 Å². The van der Waals surface area contributed by atoms with Gasteiger partial charge in [-0.15, -0.1) is 0 Å². The minimum atomic E-state index is 0.330. The van der Waals surface area contributed by atoms with E-state index >= 15 is 0 Å². The second-order valence-corrected chi connectivity index (χ2v) is 5.42. The molecule has 2 nitrogen and oxygen atoms in total. The van der Waals surface area contributed by atoms with Crippen molar-refractivity contribution in [2.24, 2.45) is 5.73 Å². The Balaban J connectivity index is 2.42. The Morgan fingerprint density at radius 3 is 2.63 bits per heavy atom. The van der Waals surface area contributed by atoms with Crippen molar-refractivity contribution in [1.82, 2.24) is 0 Å². The SMILES string of the molecule is CCc1ccccc1Oc1cc(Br)ccc1C(N)=S. The van der Waals surface area contributed by atoms with E-state index in [0.29, 0.717) is 10.7 Å². The summed E-state index contributed by atoms with van der Waals surface area (Å²) in [4.78, 5) is 0.330. The highest BCUT2D eigenvalue weighted by Crippen LogP contribution is 2.30. The minimum Gasteiger partial charge on any atom is -0.456 e. The molecule has 0 spiro atoms. The van der Waals surface area contributed by atoms with Crippen LogP contribution in [0, 0.1) is 0 Å². The number of ether oxygens (including phenoxy) is 1. The van der Waals surface area contributed by atoms with Crippen LogP contribution in [0.2, 0.25) is 0 Å². The summed E-state index contributed by atoms with van der Waals surface area (Å²) in [5.74, 6) is 1.50. The molecule has 19 heavy (non-hydrogen) atoms. The lowest BCUT2D eigenvalue weighted by molar-refractivity contribution is 0.475. The highest BCUT2D eigenvalue weighted by Gasteiger charge is 2.10. The third-order valence-corrected chi connectivity index (χ3v) is 3.50. The van der Waals surface area contributed by atoms with Crippen molar-refractivity contribution in [3.05, 3.63) is 58.1 Å². The lowest BCUT2D eigenvalue weighted by Crippen LogP contribution is -2.10. The van der Waals surface area contributed by atoms with Gasteiger partial charge in [0, 0.05) is 4.47 Å². The van der Waals surface area contributed by atoms with Crippen LogP contribution in [0.25, 0.3) is 0 Å². The van der Waals surface area contributed by atoms with Gasteiger partial charge in [0.1, 0.15) is 16.5 Å². The summed E-state index contributed by atoms with van der Waals surface area (Å²) in [6.07, 6.45) is 0.909. The molecule has 2 aromatic carbocycles. The van der Waals surface area contributed by atoms with Crippen molar-refractivity contribution in [2.75, 3.05) is 0 Å². The zero-order valence-corrected chi connectivity index (χ0v) is 12.9. The first-order chi connectivity index (χ1) is 9.11. The molecule has 0 bridgehead atoms. The first-order valence-electron chi connectivity index (χ1n) is 5.97. The molecular weight excluding hydrogens is 322 g/mol. The summed E-state index contributed by atoms with van der Waals surface area (Å²) < 4.78 is 6.90. The maximum absolute atomic E-state index is 5.98. The molecule has 0 saturated heterocycles. The van der Waals surface area contributed by atoms with Crippen LogP contribution < -0.4 is 10.5 Å². The Kier molecular flexibility index (Phi) is 4.56. The first kappa shape index (κ1) is 14.0. The highest BCUT2D eigenvalue weighted by atomic mass is 79.9. The summed E-state index contributed by atoms with van der Waals surface area (Å²) in [6.45, 7) is 2.09. The van der Waals surface area contributed by atoms with Gasteiger partial charge in [0.05, 0.1) is 5.56 Å². The normalized spacial score (nSPS) is 10.2. The molecule has 0 heterocycles. The number of halogens is 1. The zero-order chi connectivity index (χ0) is 13.8. The number of para-hydroxylation sites is 1. The molecule has 0 aliphatic heterocycles. The van der Waals surface area contributed by atoms with Crippen molar-refractivity contribution in [2.45, 2.75) is 13.3 Å². The second-order valence-electron chi connectivity index (χ2n) is 4.07. The highest BCUT2D eigenvalue weighted by molar-refractivity contribution is 9.10. The van der Waals surface area contributed by atoms with E-state index in [9.17, 15) is 0 Å². The molecule has 0 unspecified atom stereocenters. The first-order valence-corrected chi connectivity index (χ1v) is 7.17. The molecule has 2 aromatic rings. The Morgan fingerprint density at radius 1 is 1.21 bits per heavy atom. The minimum absolute atomic E-state index is 0.330. The molecule has 0 aliphatic carbocycles. The molecule has 0 atom stereocenters. The van der Waals surface area contributed by atoms with Gasteiger partial charge in [-0.25, -0.2) is 0 Å². The predicted octanol–water partition coefficient (Wildman–Crippen LogP) is 4.44. The maximum Gasteiger partial charge on any atom is 0.138 e. The Labute approximate surface area is 126 Å². The van der Waals surface area contributed by atoms with Crippen LogP contribution in [0.4, 0.5) is 0 Å². The van der Waals surface area contributed by atoms with Gasteiger partial charge < -0.3 is 10.5 Å². The third-order valence-electron chi connectivity index (χ3n) is 2.78. The Bertz CT molecular complexity index is 613. The van der Waals surface area contributed by atoms with Crippen LogP contribution >= 0.6 is 28.1 Å². The molecule has 2 N–H and O–H groups in total. The van der Waals surface area contributed by atoms with Crippen molar-refractivity contribution < 1.29 is 4.74 Å². The molecule has 0 radical (unpaired) electrons. The summed E-state index contributed by atoms with van der Waals surface area (Å²) in [6, 6.07) is 13.6. The Morgan fingerprint density at radius 2 is 1.95 bits per heavy atom. The summed E-state index contributed by atoms with van der Waals surface area (Å²) in [7, 11) is 0. The average molecular weight is 336 g/mol. The number of nitrogens with two attached hydrogens (primary N) is 1. The standard InChI is InChI=1S/C15H14BrNOS/c1-2-10-5-3-4-6-13(10)18-14-9-11(16)7-8-12(14)15(17)19/h3-9H,2H2,1H3,(H2,17,19). The summed E-state index contributed by atoms with van der Waals surface area (Å²) in [5.41, 5.74) is 7.61. The molecule has 0 aliphatic rings. The van der Waals surface area contributed by atoms with Crippen LogP contribution in [0.1, 0.15) is 18.1 Å². The van der Waals surface area contributed by atoms with E-state index in [0.717, 1.165) is 27.8 Å². The van der Waals surface area contributed by atoms with E-state index in [1.165, 1.54) is 0 Å². The molecule has 98 valence electrons. The number of aryl methyl sites for hydroxylation is 1. The van der Waals surface area contributed by atoms with Gasteiger partial charge in [-0.1, -0.05) is 53.3 Å². The molecule has 0 aromatic heterocycles. The number of hydrogen-bond donors (Lipinski definition) is 1. The van der Waals surface area contributed by atoms with Crippen LogP contribution in [0.5, 0.6) is 11.5 Å². The van der Waals surface area contributed by atoms with Gasteiger partial charge in [-0.2, -0.15) is 0 Å². The average Bonchev–Trinajstić information content (AvgIpc) is 2.39. The third kappa shape index (κ3) is 3.33. The van der Waals surface area contributed by atoms with Gasteiger partial charge in [0.15, 0.2) is 0 Å². The smallest absolute Gasteiger partial charge is 0.138 e. The van der Waals surface area contributed by atoms with Crippen LogP contribution in [0.15, 0.2) is 46.9 Å². The zero-order valence-electron chi connectivity index (χ0n) is 10.5. The van der Waals surface area contributed by atoms with E-state index in [-0.39, 0.29) is 0 Å². The lowest BCUT2D eigenvalue weighted by atomic mass is 10.1. The van der Waals surface area contributed by atoms with Gasteiger partial charge in [-0.3, -0.25) is 0 Å². The second kappa shape index (κ2) is 6.17. The fourth-order valence-electron chi connectivity index (χ4n) is 1.80. The van der Waals surface area contributed by atoms with Gasteiger partial charge >= 0.3 is 0 Å². The van der Waals surface area contributed by atoms with Crippen LogP contribution in [0.3, 0.4) is 0 Å². The summed E-state index contributed by atoms with van der Waals surface area (Å²) in [5, 5.41) is 0. The quantitative estimate of drug-likeness (QED) is 0.839. The maximum atomic E-state index is 5.98. The Hall–Kier alpha value is -1.39. The number of hydrogen-bond acceptors (Lipinski definition) is 2. The topological polar surface area (TPSA) is 35.2 Å². The van der Waals surface area contributed by atoms with Crippen LogP contribution in [-0.4, -0.2) is 4.99 Å². The van der Waals surface area contributed by atoms with Crippen molar-refractivity contribution in [3.63, 3.8) is 0 Å². The van der Waals surface area contributed by atoms with E-state index in [1.807, 2.05) is 42.5 Å². The van der Waals surface area contributed by atoms with E-state index < -0.39 is 0 Å². The molecule has 0 saturated carbocycles.